The highest BCUT2D eigenvalue weighted by Crippen LogP contribution is 2.37. The van der Waals surface area contributed by atoms with Crippen LogP contribution in [-0.4, -0.2) is 72.3 Å². The predicted octanol–water partition coefficient (Wildman–Crippen LogP) is 8.59. The van der Waals surface area contributed by atoms with Crippen molar-refractivity contribution in [2.24, 2.45) is 0 Å². The fourth-order valence-electron chi connectivity index (χ4n) is 8.28. The molecular weight excluding hydrogens is 919 g/mol. The van der Waals surface area contributed by atoms with Crippen LogP contribution in [0.25, 0.3) is 22.2 Å². The standard InChI is InChI=1S/C26H27N9O2S.C20H22N8.2H2S/c1-16(2)35-28-14-22(33-35)30-26-31-24(29-21-13-10-18-6-4-5-7-20(18)21)23-25(32-26)34(15-27-23)38(36,37)19-11-8-17(3)9-12-19;1-12(2)28-22-11-17(27-28)24-20-25-18-15(9-10-21-18)19(26-20)23-16-8-7-13-5-3-4-6-14(13)16;;/h4-9,11-12,14-16,21H,10,13H2,1-3H3,(H2,29,30,31,32,33);3-6,9-12,16H,7-8H2,1-2H3,(H3,21,23,24,25,26,27);2*1H2/t21-;16-;;/m00../s1. The molecule has 0 radical (unpaired) electrons. The van der Waals surface area contributed by atoms with Gasteiger partial charge in [-0.1, -0.05) is 66.2 Å². The molecule has 0 fully saturated rings. The third kappa shape index (κ3) is 9.56. The summed E-state index contributed by atoms with van der Waals surface area (Å²) >= 11 is 0. The van der Waals surface area contributed by atoms with E-state index in [9.17, 15) is 8.42 Å². The molecule has 68 heavy (non-hydrogen) atoms. The van der Waals surface area contributed by atoms with E-state index in [1.807, 2.05) is 59.0 Å². The number of rotatable bonds is 12. The van der Waals surface area contributed by atoms with E-state index in [1.165, 1.54) is 28.6 Å². The van der Waals surface area contributed by atoms with Crippen LogP contribution in [0.2, 0.25) is 0 Å². The highest BCUT2D eigenvalue weighted by atomic mass is 32.2. The van der Waals surface area contributed by atoms with Gasteiger partial charge in [-0.25, -0.2) is 17.4 Å². The average Bonchev–Trinajstić information content (AvgIpc) is 4.17. The second kappa shape index (κ2) is 19.7. The lowest BCUT2D eigenvalue weighted by atomic mass is 10.1. The first kappa shape index (κ1) is 47.5. The van der Waals surface area contributed by atoms with E-state index < -0.39 is 10.0 Å². The van der Waals surface area contributed by atoms with Gasteiger partial charge in [0.2, 0.25) is 11.9 Å². The fourth-order valence-corrected chi connectivity index (χ4v) is 9.51. The molecule has 3 aromatic carbocycles. The Morgan fingerprint density at radius 1 is 0.676 bits per heavy atom. The largest absolute Gasteiger partial charge is 0.363 e. The highest BCUT2D eigenvalue weighted by Gasteiger charge is 2.28. The van der Waals surface area contributed by atoms with Gasteiger partial charge >= 0.3 is 0 Å². The number of benzene rings is 3. The molecule has 0 spiro atoms. The zero-order chi connectivity index (χ0) is 45.5. The molecule has 352 valence electrons. The SMILES string of the molecule is CC(C)n1ncc(Nc2nc(N[C@H]3CCc4ccccc43)c3cc[nH]c3n2)n1.Cc1ccc(S(=O)(=O)n2cnc3c(N[C@H]4CCc5ccccc54)nc(Nc4cnn(C(C)C)n4)nc32)cc1.S.S. The molecule has 0 amide bonds. The number of imidazole rings is 1. The van der Waals surface area contributed by atoms with Gasteiger partial charge < -0.3 is 26.3 Å². The molecule has 5 N–H and O–H groups in total. The van der Waals surface area contributed by atoms with Crippen molar-refractivity contribution in [2.75, 3.05) is 21.3 Å². The maximum absolute atomic E-state index is 13.6. The Balaban J connectivity index is 0.000000186. The van der Waals surface area contributed by atoms with Crippen LogP contribution in [0.3, 0.4) is 0 Å². The van der Waals surface area contributed by atoms with Gasteiger partial charge in [-0.3, -0.25) is 0 Å². The van der Waals surface area contributed by atoms with Crippen molar-refractivity contribution in [3.63, 3.8) is 0 Å². The molecule has 0 saturated heterocycles. The molecule has 9 aromatic rings. The molecule has 22 heteroatoms. The number of nitrogens with one attached hydrogen (secondary N) is 5. The van der Waals surface area contributed by atoms with E-state index in [2.05, 4.69) is 103 Å². The van der Waals surface area contributed by atoms with Crippen LogP contribution >= 0.6 is 27.0 Å². The zero-order valence-corrected chi connectivity index (χ0v) is 40.9. The Hall–Kier alpha value is -7.04. The van der Waals surface area contributed by atoms with Crippen LogP contribution in [0.15, 0.2) is 109 Å². The second-order valence-electron chi connectivity index (χ2n) is 17.0. The minimum Gasteiger partial charge on any atom is -0.363 e. The van der Waals surface area contributed by atoms with Gasteiger partial charge in [-0.2, -0.15) is 66.7 Å². The summed E-state index contributed by atoms with van der Waals surface area (Å²) in [5, 5.41) is 31.7. The first-order valence-corrected chi connectivity index (χ1v) is 23.4. The summed E-state index contributed by atoms with van der Waals surface area (Å²) in [6.07, 6.45) is 10.4. The summed E-state index contributed by atoms with van der Waals surface area (Å²) in [7, 11) is -3.95. The molecule has 11 rings (SSSR count). The lowest BCUT2D eigenvalue weighted by Crippen LogP contribution is -2.14. The van der Waals surface area contributed by atoms with Crippen molar-refractivity contribution in [3.8, 4) is 0 Å². The van der Waals surface area contributed by atoms with Gasteiger partial charge in [0, 0.05) is 6.20 Å². The summed E-state index contributed by atoms with van der Waals surface area (Å²) in [4.78, 5) is 29.5. The molecule has 2 aliphatic rings. The normalized spacial score (nSPS) is 15.0. The molecule has 0 bridgehead atoms. The highest BCUT2D eigenvalue weighted by molar-refractivity contribution is 7.90. The number of nitrogens with zero attached hydrogens (tertiary/aromatic N) is 12. The first-order chi connectivity index (χ1) is 32.0. The van der Waals surface area contributed by atoms with Crippen LogP contribution in [0, 0.1) is 6.92 Å². The Labute approximate surface area is 407 Å². The molecule has 0 unspecified atom stereocenters. The molecule has 2 atom stereocenters. The number of H-pyrrole nitrogens is 1. The first-order valence-electron chi connectivity index (χ1n) is 22.0. The summed E-state index contributed by atoms with van der Waals surface area (Å²) in [5.74, 6) is 2.99. The third-order valence-electron chi connectivity index (χ3n) is 11.7. The molecule has 2 aliphatic carbocycles. The summed E-state index contributed by atoms with van der Waals surface area (Å²) in [6, 6.07) is 26.1. The van der Waals surface area contributed by atoms with Crippen molar-refractivity contribution < 1.29 is 8.42 Å². The number of hydrogen-bond acceptors (Lipinski definition) is 15. The van der Waals surface area contributed by atoms with E-state index >= 15 is 0 Å². The van der Waals surface area contributed by atoms with Gasteiger partial charge in [0.05, 0.1) is 46.8 Å². The summed E-state index contributed by atoms with van der Waals surface area (Å²) < 4.78 is 28.3. The minimum absolute atomic E-state index is 0. The average molecular weight is 972 g/mol. The minimum atomic E-state index is -3.95. The van der Waals surface area contributed by atoms with Crippen molar-refractivity contribution in [2.45, 2.75) is 89.4 Å². The van der Waals surface area contributed by atoms with E-state index in [4.69, 9.17) is 4.98 Å². The Bertz CT molecular complexity index is 3310. The van der Waals surface area contributed by atoms with Crippen LogP contribution < -0.4 is 21.3 Å². The Morgan fingerprint density at radius 3 is 1.79 bits per heavy atom. The van der Waals surface area contributed by atoms with Crippen LogP contribution in [0.4, 0.5) is 35.2 Å². The van der Waals surface area contributed by atoms with Crippen LogP contribution in [-0.2, 0) is 22.9 Å². The number of aromatic nitrogens is 13. The summed E-state index contributed by atoms with van der Waals surface area (Å²) in [6.45, 7) is 9.92. The maximum Gasteiger partial charge on any atom is 0.270 e. The Kier molecular flexibility index (Phi) is 13.7. The van der Waals surface area contributed by atoms with Gasteiger partial charge in [-0.05, 0) is 101 Å². The molecule has 0 saturated carbocycles. The number of aryl methyl sites for hydroxylation is 3. The van der Waals surface area contributed by atoms with E-state index in [0.29, 0.717) is 28.9 Å². The molecule has 0 aliphatic heterocycles. The molecular formula is C46H53N17O2S3. The van der Waals surface area contributed by atoms with Gasteiger partial charge in [0.1, 0.15) is 17.8 Å². The van der Waals surface area contributed by atoms with Crippen molar-refractivity contribution in [3.05, 3.63) is 132 Å². The molecule has 19 nitrogen and oxygen atoms in total. The third-order valence-corrected chi connectivity index (χ3v) is 13.3. The number of anilines is 6. The number of aromatic amines is 1. The topological polar surface area (TPSA) is 229 Å². The summed E-state index contributed by atoms with van der Waals surface area (Å²) in [5.41, 5.74) is 7.50. The van der Waals surface area contributed by atoms with E-state index in [0.717, 1.165) is 52.1 Å². The molecule has 6 heterocycles. The van der Waals surface area contributed by atoms with Crippen molar-refractivity contribution in [1.82, 2.24) is 63.9 Å². The quantitative estimate of drug-likeness (QED) is 0.0772. The number of fused-ring (bicyclic) bond motifs is 4. The number of hydrogen-bond donors (Lipinski definition) is 5. The maximum atomic E-state index is 13.6. The van der Waals surface area contributed by atoms with Crippen molar-refractivity contribution in [1.29, 1.82) is 0 Å². The second-order valence-corrected chi connectivity index (χ2v) is 18.8. The van der Waals surface area contributed by atoms with E-state index in [1.54, 1.807) is 46.3 Å². The van der Waals surface area contributed by atoms with Crippen LogP contribution in [0.1, 0.15) is 92.5 Å². The lowest BCUT2D eigenvalue weighted by Gasteiger charge is -2.16. The van der Waals surface area contributed by atoms with Gasteiger partial charge in [-0.15, -0.1) is 10.2 Å². The van der Waals surface area contributed by atoms with Gasteiger partial charge in [0.15, 0.2) is 28.6 Å². The van der Waals surface area contributed by atoms with Gasteiger partial charge in [0.25, 0.3) is 10.0 Å². The molecule has 6 aromatic heterocycles. The monoisotopic (exact) mass is 971 g/mol. The predicted molar refractivity (Wildman–Crippen MR) is 273 cm³/mol. The van der Waals surface area contributed by atoms with E-state index in [-0.39, 0.29) is 67.6 Å². The zero-order valence-electron chi connectivity index (χ0n) is 38.0. The smallest absolute Gasteiger partial charge is 0.270 e. The lowest BCUT2D eigenvalue weighted by molar-refractivity contribution is 0.467. The van der Waals surface area contributed by atoms with Crippen molar-refractivity contribution >= 4 is 94.4 Å². The van der Waals surface area contributed by atoms with Crippen LogP contribution in [0.5, 0.6) is 0 Å². The fraction of sp³-hybridized carbons (Fsp3) is 0.283. The Morgan fingerprint density at radius 2 is 1.22 bits per heavy atom.